The SMILES string of the molecule is N#Cc1ccc(C2CCN(C(=O)c3ccc(C#N)c(NS(=O)(=O)Cc4ccccc4)c3)CC2)cc1. The summed E-state index contributed by atoms with van der Waals surface area (Å²) in [5, 5.41) is 18.4. The maximum absolute atomic E-state index is 13.2. The van der Waals surface area contributed by atoms with E-state index in [4.69, 9.17) is 5.26 Å². The zero-order chi connectivity index (χ0) is 24.8. The molecule has 3 aromatic carbocycles. The molecule has 0 bridgehead atoms. The first-order chi connectivity index (χ1) is 16.9. The smallest absolute Gasteiger partial charge is 0.253 e. The second kappa shape index (κ2) is 10.4. The lowest BCUT2D eigenvalue weighted by atomic mass is 9.89. The fourth-order valence-corrected chi connectivity index (χ4v) is 5.49. The van der Waals surface area contributed by atoms with Gasteiger partial charge in [0.05, 0.1) is 28.6 Å². The van der Waals surface area contributed by atoms with Gasteiger partial charge in [-0.3, -0.25) is 9.52 Å². The number of benzene rings is 3. The molecule has 1 fully saturated rings. The lowest BCUT2D eigenvalue weighted by molar-refractivity contribution is 0.0713. The van der Waals surface area contributed by atoms with E-state index in [0.29, 0.717) is 35.7 Å². The maximum atomic E-state index is 13.2. The molecule has 0 atom stereocenters. The van der Waals surface area contributed by atoms with Crippen LogP contribution in [0.3, 0.4) is 0 Å². The third-order valence-corrected chi connectivity index (χ3v) is 7.39. The molecule has 0 radical (unpaired) electrons. The lowest BCUT2D eigenvalue weighted by Gasteiger charge is -2.32. The number of amides is 1. The Morgan fingerprint density at radius 1 is 0.943 bits per heavy atom. The fourth-order valence-electron chi connectivity index (χ4n) is 4.28. The topological polar surface area (TPSA) is 114 Å². The Bertz CT molecular complexity index is 1400. The first-order valence-electron chi connectivity index (χ1n) is 11.3. The summed E-state index contributed by atoms with van der Waals surface area (Å²) in [4.78, 5) is 14.9. The van der Waals surface area contributed by atoms with Crippen molar-refractivity contribution in [2.24, 2.45) is 0 Å². The number of carbonyl (C=O) groups excluding carboxylic acids is 1. The Hall–Kier alpha value is -4.14. The summed E-state index contributed by atoms with van der Waals surface area (Å²) in [6.45, 7) is 1.14. The fraction of sp³-hybridized carbons (Fsp3) is 0.222. The zero-order valence-corrected chi connectivity index (χ0v) is 19.8. The van der Waals surface area contributed by atoms with Crippen LogP contribution < -0.4 is 4.72 Å². The molecular formula is C27H24N4O3S. The quantitative estimate of drug-likeness (QED) is 0.557. The predicted octanol–water partition coefficient (Wildman–Crippen LogP) is 4.39. The summed E-state index contributed by atoms with van der Waals surface area (Å²) in [6, 6.07) is 24.9. The number of likely N-dealkylation sites (tertiary alicyclic amines) is 1. The zero-order valence-electron chi connectivity index (χ0n) is 19.0. The van der Waals surface area contributed by atoms with Crippen molar-refractivity contribution in [3.8, 4) is 12.1 Å². The van der Waals surface area contributed by atoms with Gasteiger partial charge in [0.15, 0.2) is 0 Å². The van der Waals surface area contributed by atoms with E-state index in [9.17, 15) is 18.5 Å². The second-order valence-electron chi connectivity index (χ2n) is 8.52. The van der Waals surface area contributed by atoms with E-state index < -0.39 is 10.0 Å². The predicted molar refractivity (Wildman–Crippen MR) is 133 cm³/mol. The first kappa shape index (κ1) is 24.0. The van der Waals surface area contributed by atoms with Gasteiger partial charge in [0.25, 0.3) is 5.91 Å². The molecule has 1 amide bonds. The van der Waals surface area contributed by atoms with E-state index in [-0.39, 0.29) is 22.9 Å². The van der Waals surface area contributed by atoms with Crippen molar-refractivity contribution < 1.29 is 13.2 Å². The molecule has 35 heavy (non-hydrogen) atoms. The van der Waals surface area contributed by atoms with Crippen LogP contribution in [0, 0.1) is 22.7 Å². The molecule has 8 heteroatoms. The number of hydrogen-bond acceptors (Lipinski definition) is 5. The maximum Gasteiger partial charge on any atom is 0.253 e. The molecule has 0 spiro atoms. The Morgan fingerprint density at radius 2 is 1.63 bits per heavy atom. The molecule has 0 unspecified atom stereocenters. The van der Waals surface area contributed by atoms with Crippen LogP contribution in [0.15, 0.2) is 72.8 Å². The number of rotatable bonds is 6. The molecule has 1 heterocycles. The van der Waals surface area contributed by atoms with Gasteiger partial charge in [-0.15, -0.1) is 0 Å². The van der Waals surface area contributed by atoms with Crippen molar-refractivity contribution in [1.82, 2.24) is 4.90 Å². The van der Waals surface area contributed by atoms with Crippen LogP contribution in [0.5, 0.6) is 0 Å². The number of carbonyl (C=O) groups is 1. The highest BCUT2D eigenvalue weighted by molar-refractivity contribution is 7.91. The molecule has 0 aromatic heterocycles. The Labute approximate surface area is 205 Å². The third kappa shape index (κ3) is 5.87. The van der Waals surface area contributed by atoms with Crippen LogP contribution in [0.4, 0.5) is 5.69 Å². The number of nitrogens with one attached hydrogen (secondary N) is 1. The van der Waals surface area contributed by atoms with E-state index >= 15 is 0 Å². The minimum atomic E-state index is -3.78. The molecule has 1 aliphatic heterocycles. The molecule has 1 N–H and O–H groups in total. The summed E-state index contributed by atoms with van der Waals surface area (Å²) in [7, 11) is -3.78. The largest absolute Gasteiger partial charge is 0.339 e. The molecule has 1 saturated heterocycles. The van der Waals surface area contributed by atoms with Crippen molar-refractivity contribution in [3.05, 3.63) is 101 Å². The van der Waals surface area contributed by atoms with Gasteiger partial charge in [0, 0.05) is 18.7 Å². The highest BCUT2D eigenvalue weighted by Gasteiger charge is 2.25. The highest BCUT2D eigenvalue weighted by Crippen LogP contribution is 2.29. The van der Waals surface area contributed by atoms with Crippen molar-refractivity contribution in [3.63, 3.8) is 0 Å². The second-order valence-corrected chi connectivity index (χ2v) is 10.2. The molecule has 7 nitrogen and oxygen atoms in total. The summed E-state index contributed by atoms with van der Waals surface area (Å²) in [5.41, 5.74) is 2.98. The van der Waals surface area contributed by atoms with E-state index in [1.807, 2.05) is 30.3 Å². The van der Waals surface area contributed by atoms with Crippen molar-refractivity contribution in [2.75, 3.05) is 17.8 Å². The summed E-state index contributed by atoms with van der Waals surface area (Å²) in [5.74, 6) is -0.121. The number of sulfonamides is 1. The average molecular weight is 485 g/mol. The standard InChI is InChI=1S/C27H24N4O3S/c28-17-20-6-8-22(9-7-20)23-12-14-31(15-13-23)27(32)24-10-11-25(18-29)26(16-24)30-35(33,34)19-21-4-2-1-3-5-21/h1-11,16,23,30H,12-15,19H2. The summed E-state index contributed by atoms with van der Waals surface area (Å²) < 4.78 is 27.9. The van der Waals surface area contributed by atoms with Gasteiger partial charge in [0.2, 0.25) is 10.0 Å². The van der Waals surface area contributed by atoms with Gasteiger partial charge in [-0.25, -0.2) is 8.42 Å². The minimum Gasteiger partial charge on any atom is -0.339 e. The van der Waals surface area contributed by atoms with Gasteiger partial charge in [-0.05, 0) is 60.2 Å². The van der Waals surface area contributed by atoms with E-state index in [2.05, 4.69) is 10.8 Å². The van der Waals surface area contributed by atoms with Gasteiger partial charge < -0.3 is 4.90 Å². The molecular weight excluding hydrogens is 460 g/mol. The van der Waals surface area contributed by atoms with Crippen LogP contribution in [-0.4, -0.2) is 32.3 Å². The van der Waals surface area contributed by atoms with Crippen LogP contribution in [0.25, 0.3) is 0 Å². The number of nitriles is 2. The number of hydrogen-bond donors (Lipinski definition) is 1. The van der Waals surface area contributed by atoms with Crippen LogP contribution >= 0.6 is 0 Å². The third-order valence-electron chi connectivity index (χ3n) is 6.15. The number of anilines is 1. The lowest BCUT2D eigenvalue weighted by Crippen LogP contribution is -2.38. The normalized spacial score (nSPS) is 14.1. The molecule has 3 aromatic rings. The average Bonchev–Trinajstić information content (AvgIpc) is 2.88. The van der Waals surface area contributed by atoms with Gasteiger partial charge in [-0.2, -0.15) is 10.5 Å². The van der Waals surface area contributed by atoms with Gasteiger partial charge >= 0.3 is 0 Å². The first-order valence-corrected chi connectivity index (χ1v) is 12.9. The highest BCUT2D eigenvalue weighted by atomic mass is 32.2. The van der Waals surface area contributed by atoms with E-state index in [0.717, 1.165) is 18.4 Å². The molecule has 176 valence electrons. The molecule has 0 aliphatic carbocycles. The van der Waals surface area contributed by atoms with Crippen LogP contribution in [0.2, 0.25) is 0 Å². The Kier molecular flexibility index (Phi) is 7.14. The van der Waals surface area contributed by atoms with Crippen molar-refractivity contribution in [2.45, 2.75) is 24.5 Å². The van der Waals surface area contributed by atoms with Crippen molar-refractivity contribution in [1.29, 1.82) is 10.5 Å². The monoisotopic (exact) mass is 484 g/mol. The van der Waals surface area contributed by atoms with Crippen LogP contribution in [-0.2, 0) is 15.8 Å². The molecule has 4 rings (SSSR count). The number of nitrogens with zero attached hydrogens (tertiary/aromatic N) is 3. The van der Waals surface area contributed by atoms with E-state index in [1.54, 1.807) is 41.3 Å². The van der Waals surface area contributed by atoms with E-state index in [1.165, 1.54) is 12.1 Å². The molecule has 0 saturated carbocycles. The van der Waals surface area contributed by atoms with Gasteiger partial charge in [-0.1, -0.05) is 42.5 Å². The van der Waals surface area contributed by atoms with Gasteiger partial charge in [0.1, 0.15) is 6.07 Å². The van der Waals surface area contributed by atoms with Crippen molar-refractivity contribution >= 4 is 21.6 Å². The summed E-state index contributed by atoms with van der Waals surface area (Å²) in [6.07, 6.45) is 1.59. The number of piperidine rings is 1. The Morgan fingerprint density at radius 3 is 2.26 bits per heavy atom. The Balaban J connectivity index is 1.45. The molecule has 1 aliphatic rings. The summed E-state index contributed by atoms with van der Waals surface area (Å²) >= 11 is 0. The minimum absolute atomic E-state index is 0.0988. The van der Waals surface area contributed by atoms with Crippen LogP contribution in [0.1, 0.15) is 51.4 Å².